The Hall–Kier alpha value is -2.17. The van der Waals surface area contributed by atoms with E-state index in [4.69, 9.17) is 0 Å². The van der Waals surface area contributed by atoms with Gasteiger partial charge in [-0.2, -0.15) is 0 Å². The lowest BCUT2D eigenvalue weighted by molar-refractivity contribution is -0.135. The standard InChI is InChI=1S/C26H33N3O/c1-20-4-2-5-21(16-20)22-8-9-24-18-27(11-10-23(24)17-22)19-26(30)29-14-12-28(13-15-29)25-6-3-7-25/h2,4-5,8-9,16-17,25H,3,6-7,10-15,18-19H2,1H3. The smallest absolute Gasteiger partial charge is 0.236 e. The molecule has 30 heavy (non-hydrogen) atoms. The Morgan fingerprint density at radius 1 is 0.933 bits per heavy atom. The fourth-order valence-electron chi connectivity index (χ4n) is 5.13. The van der Waals surface area contributed by atoms with Gasteiger partial charge in [-0.3, -0.25) is 14.6 Å². The lowest BCUT2D eigenvalue weighted by Gasteiger charge is -2.43. The van der Waals surface area contributed by atoms with Crippen LogP contribution in [0.25, 0.3) is 11.1 Å². The first-order valence-corrected chi connectivity index (χ1v) is 11.6. The average Bonchev–Trinajstić information content (AvgIpc) is 2.72. The van der Waals surface area contributed by atoms with Crippen LogP contribution in [0.3, 0.4) is 0 Å². The molecule has 5 rings (SSSR count). The molecule has 0 unspecified atom stereocenters. The van der Waals surface area contributed by atoms with Gasteiger partial charge in [0.1, 0.15) is 0 Å². The molecule has 0 atom stereocenters. The topological polar surface area (TPSA) is 26.8 Å². The van der Waals surface area contributed by atoms with Crippen molar-refractivity contribution >= 4 is 5.91 Å². The lowest BCUT2D eigenvalue weighted by Crippen LogP contribution is -2.55. The van der Waals surface area contributed by atoms with E-state index >= 15 is 0 Å². The summed E-state index contributed by atoms with van der Waals surface area (Å²) in [6.45, 7) is 8.48. The summed E-state index contributed by atoms with van der Waals surface area (Å²) in [6, 6.07) is 16.4. The van der Waals surface area contributed by atoms with E-state index in [2.05, 4.69) is 64.1 Å². The number of nitrogens with zero attached hydrogens (tertiary/aromatic N) is 3. The third kappa shape index (κ3) is 4.17. The first-order valence-electron chi connectivity index (χ1n) is 11.6. The highest BCUT2D eigenvalue weighted by Crippen LogP contribution is 2.28. The lowest BCUT2D eigenvalue weighted by atomic mass is 9.91. The van der Waals surface area contributed by atoms with Gasteiger partial charge < -0.3 is 4.90 Å². The fraction of sp³-hybridized carbons (Fsp3) is 0.500. The molecule has 0 radical (unpaired) electrons. The number of rotatable bonds is 4. The largest absolute Gasteiger partial charge is 0.339 e. The molecule has 0 spiro atoms. The van der Waals surface area contributed by atoms with Crippen molar-refractivity contribution in [3.63, 3.8) is 0 Å². The maximum atomic E-state index is 12.9. The summed E-state index contributed by atoms with van der Waals surface area (Å²) in [5.74, 6) is 0.308. The first kappa shape index (κ1) is 19.8. The SMILES string of the molecule is Cc1cccc(-c2ccc3c(c2)CCN(CC(=O)N2CCN(C4CCC4)CC2)C3)c1. The molecular formula is C26H33N3O. The van der Waals surface area contributed by atoms with Crippen molar-refractivity contribution in [1.29, 1.82) is 0 Å². The summed E-state index contributed by atoms with van der Waals surface area (Å²) >= 11 is 0. The Morgan fingerprint density at radius 2 is 1.73 bits per heavy atom. The molecule has 158 valence electrons. The van der Waals surface area contributed by atoms with E-state index in [-0.39, 0.29) is 0 Å². The molecular weight excluding hydrogens is 370 g/mol. The van der Waals surface area contributed by atoms with E-state index in [1.807, 2.05) is 0 Å². The van der Waals surface area contributed by atoms with Gasteiger partial charge in [0.15, 0.2) is 0 Å². The average molecular weight is 404 g/mol. The van der Waals surface area contributed by atoms with Crippen LogP contribution in [0.2, 0.25) is 0 Å². The van der Waals surface area contributed by atoms with Crippen LogP contribution in [0.15, 0.2) is 42.5 Å². The second kappa shape index (κ2) is 8.52. The summed E-state index contributed by atoms with van der Waals surface area (Å²) in [5.41, 5.74) is 6.69. The van der Waals surface area contributed by atoms with Crippen LogP contribution in [-0.4, -0.2) is 65.9 Å². The van der Waals surface area contributed by atoms with E-state index < -0.39 is 0 Å². The molecule has 0 N–H and O–H groups in total. The number of amides is 1. The fourth-order valence-corrected chi connectivity index (χ4v) is 5.13. The van der Waals surface area contributed by atoms with E-state index in [1.165, 1.54) is 47.1 Å². The van der Waals surface area contributed by atoms with E-state index in [0.29, 0.717) is 12.5 Å². The van der Waals surface area contributed by atoms with Gasteiger partial charge in [0.25, 0.3) is 0 Å². The third-order valence-corrected chi connectivity index (χ3v) is 7.27. The zero-order chi connectivity index (χ0) is 20.5. The van der Waals surface area contributed by atoms with Crippen molar-refractivity contribution in [3.05, 3.63) is 59.2 Å². The van der Waals surface area contributed by atoms with Crippen LogP contribution in [0.4, 0.5) is 0 Å². The molecule has 2 fully saturated rings. The molecule has 2 aromatic carbocycles. The van der Waals surface area contributed by atoms with Crippen molar-refractivity contribution in [2.24, 2.45) is 0 Å². The number of benzene rings is 2. The Morgan fingerprint density at radius 3 is 2.47 bits per heavy atom. The predicted octanol–water partition coefficient (Wildman–Crippen LogP) is 3.72. The van der Waals surface area contributed by atoms with Crippen molar-refractivity contribution in [1.82, 2.24) is 14.7 Å². The second-order valence-electron chi connectivity index (χ2n) is 9.32. The summed E-state index contributed by atoms with van der Waals surface area (Å²) in [4.78, 5) is 19.9. The number of aryl methyl sites for hydroxylation is 1. The zero-order valence-electron chi connectivity index (χ0n) is 18.1. The van der Waals surface area contributed by atoms with Gasteiger partial charge in [0.05, 0.1) is 6.54 Å². The number of hydrogen-bond donors (Lipinski definition) is 0. The maximum absolute atomic E-state index is 12.9. The zero-order valence-corrected chi connectivity index (χ0v) is 18.1. The summed E-state index contributed by atoms with van der Waals surface area (Å²) in [7, 11) is 0. The van der Waals surface area contributed by atoms with Gasteiger partial charge in [-0.05, 0) is 48.4 Å². The van der Waals surface area contributed by atoms with Crippen LogP contribution in [0, 0.1) is 6.92 Å². The van der Waals surface area contributed by atoms with Crippen molar-refractivity contribution < 1.29 is 4.79 Å². The number of piperazine rings is 1. The molecule has 1 aliphatic carbocycles. The Labute approximate surface area is 180 Å². The van der Waals surface area contributed by atoms with Crippen LogP contribution in [0.1, 0.15) is 36.0 Å². The van der Waals surface area contributed by atoms with Gasteiger partial charge in [-0.15, -0.1) is 0 Å². The molecule has 2 aliphatic heterocycles. The van der Waals surface area contributed by atoms with Gasteiger partial charge in [-0.25, -0.2) is 0 Å². The molecule has 4 nitrogen and oxygen atoms in total. The Kier molecular flexibility index (Phi) is 5.62. The van der Waals surface area contributed by atoms with E-state index in [9.17, 15) is 4.79 Å². The Balaban J connectivity index is 1.17. The molecule has 2 aromatic rings. The first-order chi connectivity index (χ1) is 14.7. The van der Waals surface area contributed by atoms with Gasteiger partial charge in [0.2, 0.25) is 5.91 Å². The highest BCUT2D eigenvalue weighted by Gasteiger charge is 2.30. The number of hydrogen-bond acceptors (Lipinski definition) is 3. The van der Waals surface area contributed by atoms with Crippen LogP contribution < -0.4 is 0 Å². The van der Waals surface area contributed by atoms with E-state index in [0.717, 1.165) is 51.7 Å². The Bertz CT molecular complexity index is 912. The molecule has 1 saturated heterocycles. The van der Waals surface area contributed by atoms with Crippen LogP contribution in [0.5, 0.6) is 0 Å². The summed E-state index contributed by atoms with van der Waals surface area (Å²) < 4.78 is 0. The minimum absolute atomic E-state index is 0.308. The number of fused-ring (bicyclic) bond motifs is 1. The van der Waals surface area contributed by atoms with Crippen molar-refractivity contribution in [2.75, 3.05) is 39.3 Å². The molecule has 0 aromatic heterocycles. The van der Waals surface area contributed by atoms with Crippen molar-refractivity contribution in [2.45, 2.75) is 45.2 Å². The normalized spacial score (nSPS) is 20.6. The minimum atomic E-state index is 0.308. The molecule has 2 heterocycles. The second-order valence-corrected chi connectivity index (χ2v) is 9.32. The summed E-state index contributed by atoms with van der Waals surface area (Å²) in [5, 5.41) is 0. The predicted molar refractivity (Wildman–Crippen MR) is 121 cm³/mol. The number of carbonyl (C=O) groups excluding carboxylic acids is 1. The molecule has 4 heteroatoms. The maximum Gasteiger partial charge on any atom is 0.236 e. The molecule has 1 saturated carbocycles. The molecule has 1 amide bonds. The van der Waals surface area contributed by atoms with Crippen LogP contribution >= 0.6 is 0 Å². The van der Waals surface area contributed by atoms with Crippen molar-refractivity contribution in [3.8, 4) is 11.1 Å². The van der Waals surface area contributed by atoms with Gasteiger partial charge in [-0.1, -0.05) is 54.4 Å². The van der Waals surface area contributed by atoms with Gasteiger partial charge in [0, 0.05) is 45.3 Å². The van der Waals surface area contributed by atoms with Crippen LogP contribution in [-0.2, 0) is 17.8 Å². The minimum Gasteiger partial charge on any atom is -0.339 e. The molecule has 3 aliphatic rings. The highest BCUT2D eigenvalue weighted by atomic mass is 16.2. The highest BCUT2D eigenvalue weighted by molar-refractivity contribution is 5.78. The summed E-state index contributed by atoms with van der Waals surface area (Å²) in [6.07, 6.45) is 5.11. The monoisotopic (exact) mass is 403 g/mol. The quantitative estimate of drug-likeness (QED) is 0.779. The molecule has 0 bridgehead atoms. The third-order valence-electron chi connectivity index (χ3n) is 7.27. The number of carbonyl (C=O) groups is 1. The van der Waals surface area contributed by atoms with E-state index in [1.54, 1.807) is 0 Å². The van der Waals surface area contributed by atoms with Gasteiger partial charge >= 0.3 is 0 Å².